The topological polar surface area (TPSA) is 72.1 Å². The van der Waals surface area contributed by atoms with Gasteiger partial charge in [0, 0.05) is 11.6 Å². The molecule has 0 bridgehead atoms. The van der Waals surface area contributed by atoms with E-state index in [4.69, 9.17) is 21.6 Å². The van der Waals surface area contributed by atoms with Gasteiger partial charge in [-0.25, -0.2) is 17.2 Å². The highest BCUT2D eigenvalue weighted by Crippen LogP contribution is 2.33. The highest BCUT2D eigenvalue weighted by atomic mass is 35.5. The third-order valence-corrected chi connectivity index (χ3v) is 5.77. The summed E-state index contributed by atoms with van der Waals surface area (Å²) in [6.07, 6.45) is -1.61. The molecule has 3 aromatic rings. The molecule has 2 aromatic carbocycles. The standard InChI is InChI=1S/C19H15ClF2N2O3S/c1-28(25,26)14-5-3-13(4-6-14)27-9-8-24-16-7-2-12(11-23)18(20)15(16)10-17(24)19(21)22/h2-7,10,19H,8-9H2,1H3. The van der Waals surface area contributed by atoms with Crippen molar-refractivity contribution in [3.63, 3.8) is 0 Å². The molecule has 0 aliphatic heterocycles. The van der Waals surface area contributed by atoms with Gasteiger partial charge in [0.15, 0.2) is 9.84 Å². The van der Waals surface area contributed by atoms with Crippen LogP contribution in [-0.4, -0.2) is 25.8 Å². The molecule has 9 heteroatoms. The van der Waals surface area contributed by atoms with Crippen LogP contribution in [0.2, 0.25) is 5.02 Å². The first kappa shape index (κ1) is 20.1. The summed E-state index contributed by atoms with van der Waals surface area (Å²) in [6, 6.07) is 12.1. The van der Waals surface area contributed by atoms with Gasteiger partial charge in [-0.1, -0.05) is 11.6 Å². The van der Waals surface area contributed by atoms with Crippen LogP contribution in [0.15, 0.2) is 47.4 Å². The van der Waals surface area contributed by atoms with Crippen molar-refractivity contribution in [3.05, 3.63) is 58.7 Å². The van der Waals surface area contributed by atoms with E-state index in [1.807, 2.05) is 6.07 Å². The Labute approximate surface area is 165 Å². The number of halogens is 3. The number of rotatable bonds is 6. The lowest BCUT2D eigenvalue weighted by molar-refractivity contribution is 0.140. The number of benzene rings is 2. The first-order valence-electron chi connectivity index (χ1n) is 8.15. The Morgan fingerprint density at radius 3 is 2.46 bits per heavy atom. The van der Waals surface area contributed by atoms with Crippen LogP contribution < -0.4 is 4.74 Å². The molecule has 0 N–H and O–H groups in total. The lowest BCUT2D eigenvalue weighted by Crippen LogP contribution is -2.11. The normalized spacial score (nSPS) is 11.7. The van der Waals surface area contributed by atoms with Gasteiger partial charge < -0.3 is 9.30 Å². The molecule has 0 radical (unpaired) electrons. The zero-order valence-electron chi connectivity index (χ0n) is 14.7. The van der Waals surface area contributed by atoms with Crippen LogP contribution in [-0.2, 0) is 16.4 Å². The van der Waals surface area contributed by atoms with Gasteiger partial charge in [-0.15, -0.1) is 0 Å². The van der Waals surface area contributed by atoms with E-state index in [0.717, 1.165) is 6.26 Å². The van der Waals surface area contributed by atoms with E-state index in [1.165, 1.54) is 41.0 Å². The monoisotopic (exact) mass is 424 g/mol. The van der Waals surface area contributed by atoms with Crippen molar-refractivity contribution in [1.29, 1.82) is 5.26 Å². The molecule has 0 fully saturated rings. The van der Waals surface area contributed by atoms with Crippen molar-refractivity contribution >= 4 is 32.3 Å². The van der Waals surface area contributed by atoms with Gasteiger partial charge in [0.2, 0.25) is 0 Å². The third kappa shape index (κ3) is 3.96. The van der Waals surface area contributed by atoms with Crippen molar-refractivity contribution in [2.75, 3.05) is 12.9 Å². The SMILES string of the molecule is CS(=O)(=O)c1ccc(OCCn2c(C(F)F)cc3c(Cl)c(C#N)ccc32)cc1. The van der Waals surface area contributed by atoms with Crippen molar-refractivity contribution in [2.24, 2.45) is 0 Å². The number of sulfone groups is 1. The van der Waals surface area contributed by atoms with Crippen molar-refractivity contribution in [1.82, 2.24) is 4.57 Å². The molecule has 0 spiro atoms. The molecule has 0 atom stereocenters. The summed E-state index contributed by atoms with van der Waals surface area (Å²) in [5.41, 5.74) is 0.479. The highest BCUT2D eigenvalue weighted by molar-refractivity contribution is 7.90. The fourth-order valence-corrected chi connectivity index (χ4v) is 3.76. The Morgan fingerprint density at radius 2 is 1.89 bits per heavy atom. The van der Waals surface area contributed by atoms with Crippen LogP contribution in [0.4, 0.5) is 8.78 Å². The van der Waals surface area contributed by atoms with Crippen LogP contribution >= 0.6 is 11.6 Å². The first-order chi connectivity index (χ1) is 13.2. The van der Waals surface area contributed by atoms with Gasteiger partial charge in [-0.05, 0) is 42.5 Å². The third-order valence-electron chi connectivity index (χ3n) is 4.23. The summed E-state index contributed by atoms with van der Waals surface area (Å²) in [5.74, 6) is 0.423. The molecule has 0 aliphatic carbocycles. The maximum absolute atomic E-state index is 13.5. The molecule has 0 amide bonds. The molecule has 3 rings (SSSR count). The number of aromatic nitrogens is 1. The predicted octanol–water partition coefficient (Wildman–Crippen LogP) is 4.59. The maximum atomic E-state index is 13.5. The number of hydrogen-bond acceptors (Lipinski definition) is 4. The van der Waals surface area contributed by atoms with Crippen molar-refractivity contribution in [3.8, 4) is 11.8 Å². The molecular formula is C19H15ClF2N2O3S. The fourth-order valence-electron chi connectivity index (χ4n) is 2.87. The lowest BCUT2D eigenvalue weighted by atomic mass is 10.1. The average Bonchev–Trinajstić information content (AvgIpc) is 3.02. The number of alkyl halides is 2. The first-order valence-corrected chi connectivity index (χ1v) is 10.4. The lowest BCUT2D eigenvalue weighted by Gasteiger charge is -2.12. The van der Waals surface area contributed by atoms with Crippen molar-refractivity contribution in [2.45, 2.75) is 17.9 Å². The Morgan fingerprint density at radius 1 is 1.21 bits per heavy atom. The molecule has 146 valence electrons. The Hall–Kier alpha value is -2.63. The number of nitriles is 1. The number of nitrogens with zero attached hydrogens (tertiary/aromatic N) is 2. The molecule has 0 saturated heterocycles. The van der Waals surface area contributed by atoms with E-state index in [1.54, 1.807) is 6.07 Å². The van der Waals surface area contributed by atoms with E-state index in [-0.39, 0.29) is 34.3 Å². The smallest absolute Gasteiger partial charge is 0.278 e. The van der Waals surface area contributed by atoms with Crippen molar-refractivity contribution < 1.29 is 21.9 Å². The summed E-state index contributed by atoms with van der Waals surface area (Å²) in [6.45, 7) is 0.207. The quantitative estimate of drug-likeness (QED) is 0.580. The average molecular weight is 425 g/mol. The Kier molecular flexibility index (Phi) is 5.59. The Balaban J connectivity index is 1.83. The molecule has 1 heterocycles. The summed E-state index contributed by atoms with van der Waals surface area (Å²) in [5, 5.41) is 9.57. The molecule has 5 nitrogen and oxygen atoms in total. The minimum Gasteiger partial charge on any atom is -0.492 e. The predicted molar refractivity (Wildman–Crippen MR) is 102 cm³/mol. The van der Waals surface area contributed by atoms with Gasteiger partial charge in [-0.3, -0.25) is 0 Å². The minimum atomic E-state index is -3.30. The summed E-state index contributed by atoms with van der Waals surface area (Å²) >= 11 is 6.15. The van der Waals surface area contributed by atoms with Gasteiger partial charge in [0.1, 0.15) is 18.4 Å². The van der Waals surface area contributed by atoms with Crippen LogP contribution in [0, 0.1) is 11.3 Å². The van der Waals surface area contributed by atoms with Gasteiger partial charge >= 0.3 is 0 Å². The van der Waals surface area contributed by atoms with Crippen LogP contribution in [0.3, 0.4) is 0 Å². The Bertz CT molecular complexity index is 1170. The second-order valence-electron chi connectivity index (χ2n) is 6.09. The van der Waals surface area contributed by atoms with E-state index in [0.29, 0.717) is 16.7 Å². The van der Waals surface area contributed by atoms with E-state index in [9.17, 15) is 17.2 Å². The molecule has 0 saturated carbocycles. The minimum absolute atomic E-state index is 0.0827. The number of ether oxygens (including phenoxy) is 1. The number of hydrogen-bond donors (Lipinski definition) is 0. The number of fused-ring (bicyclic) bond motifs is 1. The van der Waals surface area contributed by atoms with Gasteiger partial charge in [0.25, 0.3) is 6.43 Å². The maximum Gasteiger partial charge on any atom is 0.278 e. The molecule has 0 unspecified atom stereocenters. The van der Waals surface area contributed by atoms with Gasteiger partial charge in [-0.2, -0.15) is 5.26 Å². The van der Waals surface area contributed by atoms with Crippen LogP contribution in [0.25, 0.3) is 10.9 Å². The van der Waals surface area contributed by atoms with Crippen LogP contribution in [0.5, 0.6) is 5.75 Å². The highest BCUT2D eigenvalue weighted by Gasteiger charge is 2.19. The zero-order valence-corrected chi connectivity index (χ0v) is 16.3. The zero-order chi connectivity index (χ0) is 20.5. The second kappa shape index (κ2) is 7.78. The molecule has 28 heavy (non-hydrogen) atoms. The second-order valence-corrected chi connectivity index (χ2v) is 8.48. The van der Waals surface area contributed by atoms with Crippen LogP contribution in [0.1, 0.15) is 17.7 Å². The molecule has 1 aromatic heterocycles. The molecular weight excluding hydrogens is 410 g/mol. The van der Waals surface area contributed by atoms with Gasteiger partial charge in [0.05, 0.1) is 33.2 Å². The largest absolute Gasteiger partial charge is 0.492 e. The summed E-state index contributed by atoms with van der Waals surface area (Å²) < 4.78 is 56.8. The fraction of sp³-hybridized carbons (Fsp3) is 0.211. The molecule has 0 aliphatic rings. The summed E-state index contributed by atoms with van der Waals surface area (Å²) in [4.78, 5) is 0.166. The van der Waals surface area contributed by atoms with E-state index in [2.05, 4.69) is 0 Å². The van der Waals surface area contributed by atoms with E-state index >= 15 is 0 Å². The van der Waals surface area contributed by atoms with E-state index < -0.39 is 16.3 Å². The summed E-state index contributed by atoms with van der Waals surface area (Å²) in [7, 11) is -3.30.